The quantitative estimate of drug-likeness (QED) is 0.771. The lowest BCUT2D eigenvalue weighted by atomic mass is 9.90. The predicted octanol–water partition coefficient (Wildman–Crippen LogP) is 3.25. The van der Waals surface area contributed by atoms with Crippen LogP contribution in [-0.4, -0.2) is 37.1 Å². The van der Waals surface area contributed by atoms with Crippen LogP contribution in [0.5, 0.6) is 0 Å². The first-order chi connectivity index (χ1) is 9.19. The number of carbonyl (C=O) groups is 1. The highest BCUT2D eigenvalue weighted by molar-refractivity contribution is 7.98. The first kappa shape index (κ1) is 14.6. The molecular formula is C16H23NOS. The van der Waals surface area contributed by atoms with Gasteiger partial charge in [-0.1, -0.05) is 12.1 Å². The third-order valence-corrected chi connectivity index (χ3v) is 4.69. The molecule has 0 spiro atoms. The van der Waals surface area contributed by atoms with E-state index < -0.39 is 0 Å². The fraction of sp³-hybridized carbons (Fsp3) is 0.562. The van der Waals surface area contributed by atoms with Gasteiger partial charge in [0.05, 0.1) is 0 Å². The van der Waals surface area contributed by atoms with Gasteiger partial charge in [0.15, 0.2) is 0 Å². The molecule has 0 radical (unpaired) electrons. The number of Topliss-reactive ketones (excluding diaryl/α,β-unsaturated/α-hetero) is 1. The molecule has 0 amide bonds. The zero-order valence-corrected chi connectivity index (χ0v) is 12.7. The average Bonchev–Trinajstić information content (AvgIpc) is 2.46. The number of hydrogen-bond donors (Lipinski definition) is 0. The predicted molar refractivity (Wildman–Crippen MR) is 81.8 cm³/mol. The van der Waals surface area contributed by atoms with Crippen molar-refractivity contribution in [1.29, 1.82) is 0 Å². The first-order valence-corrected chi connectivity index (χ1v) is 8.25. The van der Waals surface area contributed by atoms with Gasteiger partial charge in [0.1, 0.15) is 5.78 Å². The zero-order chi connectivity index (χ0) is 13.7. The Balaban J connectivity index is 1.82. The number of hydrogen-bond acceptors (Lipinski definition) is 3. The van der Waals surface area contributed by atoms with E-state index in [0.717, 1.165) is 32.4 Å². The molecule has 0 bridgehead atoms. The monoisotopic (exact) mass is 277 g/mol. The molecule has 1 aromatic carbocycles. The molecular weight excluding hydrogens is 254 g/mol. The Morgan fingerprint density at radius 1 is 1.37 bits per heavy atom. The number of nitrogens with zero attached hydrogens (tertiary/aromatic N) is 1. The number of carbonyl (C=O) groups excluding carboxylic acids is 1. The second-order valence-corrected chi connectivity index (χ2v) is 6.28. The third kappa shape index (κ3) is 4.36. The number of aryl methyl sites for hydroxylation is 1. The fourth-order valence-corrected chi connectivity index (χ4v) is 3.11. The van der Waals surface area contributed by atoms with Gasteiger partial charge in [-0.05, 0) is 63.4 Å². The summed E-state index contributed by atoms with van der Waals surface area (Å²) in [6.45, 7) is 2.14. The molecule has 1 fully saturated rings. The lowest BCUT2D eigenvalue weighted by Crippen LogP contribution is -2.33. The number of piperidine rings is 1. The Labute approximate surface area is 120 Å². The zero-order valence-electron chi connectivity index (χ0n) is 11.9. The molecule has 1 aliphatic heterocycles. The van der Waals surface area contributed by atoms with E-state index in [-0.39, 0.29) is 0 Å². The van der Waals surface area contributed by atoms with Crippen LogP contribution in [0.2, 0.25) is 0 Å². The SMILES string of the molecule is CSc1cccc(CCC(=O)C2CCN(C)CC2)c1. The standard InChI is InChI=1S/C16H23NOS/c1-17-10-8-14(9-11-17)16(18)7-6-13-4-3-5-15(12-13)19-2/h3-5,12,14H,6-11H2,1-2H3. The molecule has 19 heavy (non-hydrogen) atoms. The second-order valence-electron chi connectivity index (χ2n) is 5.40. The molecule has 2 rings (SSSR count). The van der Waals surface area contributed by atoms with Crippen molar-refractivity contribution in [2.45, 2.75) is 30.6 Å². The van der Waals surface area contributed by atoms with Gasteiger partial charge in [0.2, 0.25) is 0 Å². The normalized spacial score (nSPS) is 17.6. The summed E-state index contributed by atoms with van der Waals surface area (Å²) >= 11 is 1.76. The molecule has 0 atom stereocenters. The highest BCUT2D eigenvalue weighted by Crippen LogP contribution is 2.21. The van der Waals surface area contributed by atoms with Crippen LogP contribution in [0.25, 0.3) is 0 Å². The molecule has 0 unspecified atom stereocenters. The van der Waals surface area contributed by atoms with Crippen LogP contribution < -0.4 is 0 Å². The average molecular weight is 277 g/mol. The molecule has 2 nitrogen and oxygen atoms in total. The number of rotatable bonds is 5. The van der Waals surface area contributed by atoms with Gasteiger partial charge >= 0.3 is 0 Å². The summed E-state index contributed by atoms with van der Waals surface area (Å²) < 4.78 is 0. The lowest BCUT2D eigenvalue weighted by Gasteiger charge is -2.28. The van der Waals surface area contributed by atoms with E-state index in [1.165, 1.54) is 10.5 Å². The van der Waals surface area contributed by atoms with Gasteiger partial charge < -0.3 is 4.90 Å². The second kappa shape index (κ2) is 7.11. The molecule has 1 aliphatic rings. The van der Waals surface area contributed by atoms with Crippen LogP contribution in [-0.2, 0) is 11.2 Å². The molecule has 0 N–H and O–H groups in total. The summed E-state index contributed by atoms with van der Waals surface area (Å²) in [6, 6.07) is 8.53. The fourth-order valence-electron chi connectivity index (χ4n) is 2.63. The minimum Gasteiger partial charge on any atom is -0.306 e. The Hall–Kier alpha value is -0.800. The molecule has 104 valence electrons. The molecule has 0 aromatic heterocycles. The summed E-state index contributed by atoms with van der Waals surface area (Å²) in [4.78, 5) is 15.8. The van der Waals surface area contributed by atoms with Crippen molar-refractivity contribution in [3.63, 3.8) is 0 Å². The number of benzene rings is 1. The van der Waals surface area contributed by atoms with Crippen molar-refractivity contribution in [1.82, 2.24) is 4.90 Å². The maximum atomic E-state index is 12.2. The van der Waals surface area contributed by atoms with Crippen LogP contribution in [0.1, 0.15) is 24.8 Å². The van der Waals surface area contributed by atoms with Crippen molar-refractivity contribution in [3.05, 3.63) is 29.8 Å². The van der Waals surface area contributed by atoms with Gasteiger partial charge in [0.25, 0.3) is 0 Å². The Bertz CT molecular complexity index is 425. The van der Waals surface area contributed by atoms with E-state index in [4.69, 9.17) is 0 Å². The Morgan fingerprint density at radius 3 is 2.79 bits per heavy atom. The maximum Gasteiger partial charge on any atom is 0.136 e. The summed E-state index contributed by atoms with van der Waals surface area (Å²) in [5, 5.41) is 0. The van der Waals surface area contributed by atoms with Crippen LogP contribution in [0.15, 0.2) is 29.2 Å². The van der Waals surface area contributed by atoms with Gasteiger partial charge in [0, 0.05) is 17.2 Å². The smallest absolute Gasteiger partial charge is 0.136 e. The van der Waals surface area contributed by atoms with Gasteiger partial charge in [-0.15, -0.1) is 11.8 Å². The van der Waals surface area contributed by atoms with Crippen LogP contribution in [0.4, 0.5) is 0 Å². The molecule has 0 saturated carbocycles. The Morgan fingerprint density at radius 2 is 2.11 bits per heavy atom. The van der Waals surface area contributed by atoms with Gasteiger partial charge in [-0.3, -0.25) is 4.79 Å². The van der Waals surface area contributed by atoms with E-state index in [0.29, 0.717) is 18.1 Å². The number of likely N-dealkylation sites (tertiary alicyclic amines) is 1. The maximum absolute atomic E-state index is 12.2. The molecule has 1 heterocycles. The summed E-state index contributed by atoms with van der Waals surface area (Å²) in [7, 11) is 2.13. The minimum atomic E-state index is 0.305. The summed E-state index contributed by atoms with van der Waals surface area (Å²) in [5.74, 6) is 0.766. The third-order valence-electron chi connectivity index (χ3n) is 3.97. The topological polar surface area (TPSA) is 20.3 Å². The van der Waals surface area contributed by atoms with Gasteiger partial charge in [-0.2, -0.15) is 0 Å². The van der Waals surface area contributed by atoms with Crippen molar-refractivity contribution < 1.29 is 4.79 Å². The minimum absolute atomic E-state index is 0.305. The molecule has 1 aromatic rings. The van der Waals surface area contributed by atoms with E-state index in [9.17, 15) is 4.79 Å². The highest BCUT2D eigenvalue weighted by atomic mass is 32.2. The highest BCUT2D eigenvalue weighted by Gasteiger charge is 2.22. The van der Waals surface area contributed by atoms with E-state index in [2.05, 4.69) is 42.5 Å². The first-order valence-electron chi connectivity index (χ1n) is 7.03. The number of thioether (sulfide) groups is 1. The summed E-state index contributed by atoms with van der Waals surface area (Å²) in [5.41, 5.74) is 1.29. The van der Waals surface area contributed by atoms with Crippen LogP contribution >= 0.6 is 11.8 Å². The molecule has 1 saturated heterocycles. The largest absolute Gasteiger partial charge is 0.306 e. The van der Waals surface area contributed by atoms with Crippen LogP contribution in [0.3, 0.4) is 0 Å². The van der Waals surface area contributed by atoms with Crippen molar-refractivity contribution >= 4 is 17.5 Å². The molecule has 0 aliphatic carbocycles. The van der Waals surface area contributed by atoms with Crippen molar-refractivity contribution in [2.24, 2.45) is 5.92 Å². The van der Waals surface area contributed by atoms with Crippen molar-refractivity contribution in [3.8, 4) is 0 Å². The molecule has 3 heteroatoms. The van der Waals surface area contributed by atoms with E-state index >= 15 is 0 Å². The summed E-state index contributed by atoms with van der Waals surface area (Å²) in [6.07, 6.45) is 5.76. The van der Waals surface area contributed by atoms with Crippen molar-refractivity contribution in [2.75, 3.05) is 26.4 Å². The Kier molecular flexibility index (Phi) is 5.46. The number of ketones is 1. The van der Waals surface area contributed by atoms with Crippen LogP contribution in [0, 0.1) is 5.92 Å². The van der Waals surface area contributed by atoms with E-state index in [1.807, 2.05) is 0 Å². The lowest BCUT2D eigenvalue weighted by molar-refractivity contribution is -0.124. The van der Waals surface area contributed by atoms with E-state index in [1.54, 1.807) is 11.8 Å². The van der Waals surface area contributed by atoms with Gasteiger partial charge in [-0.25, -0.2) is 0 Å².